The molecule has 2 heterocycles. The maximum absolute atomic E-state index is 11.9. The second-order valence-electron chi connectivity index (χ2n) is 4.59. The predicted octanol–water partition coefficient (Wildman–Crippen LogP) is -0.220. The van der Waals surface area contributed by atoms with Crippen molar-refractivity contribution in [3.05, 3.63) is 12.4 Å². The fourth-order valence-electron chi connectivity index (χ4n) is 2.07. The van der Waals surface area contributed by atoms with E-state index in [1.54, 1.807) is 4.90 Å². The number of aliphatic carboxylic acids is 1. The van der Waals surface area contributed by atoms with Gasteiger partial charge in [0.25, 0.3) is 0 Å². The van der Waals surface area contributed by atoms with Gasteiger partial charge in [-0.1, -0.05) is 0 Å². The van der Waals surface area contributed by atoms with E-state index in [1.807, 2.05) is 0 Å². The summed E-state index contributed by atoms with van der Waals surface area (Å²) in [6, 6.07) is -0.203. The molecule has 19 heavy (non-hydrogen) atoms. The molecule has 1 aromatic rings. The van der Waals surface area contributed by atoms with Crippen molar-refractivity contribution in [3.8, 4) is 0 Å². The Labute approximate surface area is 110 Å². The van der Waals surface area contributed by atoms with Crippen molar-refractivity contribution in [2.45, 2.75) is 13.0 Å². The van der Waals surface area contributed by atoms with Crippen molar-refractivity contribution >= 4 is 17.7 Å². The van der Waals surface area contributed by atoms with Crippen molar-refractivity contribution < 1.29 is 14.7 Å². The number of rotatable bonds is 4. The molecule has 8 heteroatoms. The number of nitrogens with zero attached hydrogens (tertiary/aromatic N) is 3. The van der Waals surface area contributed by atoms with Crippen LogP contribution in [0.25, 0.3) is 0 Å². The van der Waals surface area contributed by atoms with E-state index >= 15 is 0 Å². The zero-order chi connectivity index (χ0) is 13.8. The van der Waals surface area contributed by atoms with E-state index in [0.717, 1.165) is 6.42 Å². The molecule has 1 aliphatic heterocycles. The van der Waals surface area contributed by atoms with E-state index in [1.165, 1.54) is 17.1 Å². The number of amides is 2. The highest BCUT2D eigenvalue weighted by Gasteiger charge is 2.25. The first kappa shape index (κ1) is 13.3. The van der Waals surface area contributed by atoms with Crippen LogP contribution in [0.1, 0.15) is 6.42 Å². The molecular weight excluding hydrogens is 250 g/mol. The Balaban J connectivity index is 1.88. The van der Waals surface area contributed by atoms with Gasteiger partial charge >= 0.3 is 12.0 Å². The predicted molar refractivity (Wildman–Crippen MR) is 67.6 cm³/mol. The number of carboxylic acids is 1. The molecule has 2 rings (SSSR count). The third-order valence-electron chi connectivity index (χ3n) is 3.09. The van der Waals surface area contributed by atoms with Crippen LogP contribution in [0, 0.1) is 5.92 Å². The Morgan fingerprint density at radius 1 is 1.58 bits per heavy atom. The number of urea groups is 1. The van der Waals surface area contributed by atoms with Crippen molar-refractivity contribution in [2.24, 2.45) is 11.7 Å². The van der Waals surface area contributed by atoms with Crippen LogP contribution < -0.4 is 11.1 Å². The third kappa shape index (κ3) is 3.44. The normalized spacial score (nSPS) is 18.6. The molecule has 1 aromatic heterocycles. The first-order valence-electron chi connectivity index (χ1n) is 6.08. The molecule has 1 saturated heterocycles. The maximum Gasteiger partial charge on any atom is 0.325 e. The highest BCUT2D eigenvalue weighted by molar-refractivity contribution is 5.89. The molecule has 2 amide bonds. The molecule has 1 unspecified atom stereocenters. The van der Waals surface area contributed by atoms with Crippen LogP contribution in [0.2, 0.25) is 0 Å². The number of nitrogens with two attached hydrogens (primary N) is 1. The second kappa shape index (κ2) is 5.70. The molecule has 0 aromatic carbocycles. The molecule has 0 aliphatic carbocycles. The molecule has 0 radical (unpaired) electrons. The second-order valence-corrected chi connectivity index (χ2v) is 4.59. The number of carbonyl (C=O) groups excluding carboxylic acids is 1. The summed E-state index contributed by atoms with van der Waals surface area (Å²) in [7, 11) is 0. The Bertz CT molecular complexity index is 473. The van der Waals surface area contributed by atoms with Gasteiger partial charge in [-0.15, -0.1) is 0 Å². The van der Waals surface area contributed by atoms with E-state index in [-0.39, 0.29) is 12.6 Å². The zero-order valence-corrected chi connectivity index (χ0v) is 10.5. The maximum atomic E-state index is 11.9. The summed E-state index contributed by atoms with van der Waals surface area (Å²) in [6.45, 7) is 1.71. The van der Waals surface area contributed by atoms with Gasteiger partial charge in [0.05, 0.1) is 11.9 Å². The van der Waals surface area contributed by atoms with Gasteiger partial charge in [-0.2, -0.15) is 5.10 Å². The summed E-state index contributed by atoms with van der Waals surface area (Å²) < 4.78 is 1.25. The lowest BCUT2D eigenvalue weighted by Gasteiger charge is -2.16. The lowest BCUT2D eigenvalue weighted by molar-refractivity contribution is -0.137. The number of hydrogen-bond acceptors (Lipinski definition) is 4. The van der Waals surface area contributed by atoms with E-state index in [0.29, 0.717) is 31.2 Å². The topological polar surface area (TPSA) is 113 Å². The Kier molecular flexibility index (Phi) is 4.00. The lowest BCUT2D eigenvalue weighted by Crippen LogP contribution is -2.33. The summed E-state index contributed by atoms with van der Waals surface area (Å²) in [5.74, 6) is -0.619. The van der Waals surface area contributed by atoms with Crippen LogP contribution in [0.3, 0.4) is 0 Å². The van der Waals surface area contributed by atoms with Crippen LogP contribution >= 0.6 is 0 Å². The van der Waals surface area contributed by atoms with Crippen LogP contribution in [-0.2, 0) is 11.3 Å². The van der Waals surface area contributed by atoms with Gasteiger partial charge in [-0.25, -0.2) is 4.79 Å². The minimum Gasteiger partial charge on any atom is -0.480 e. The van der Waals surface area contributed by atoms with Crippen LogP contribution in [0.15, 0.2) is 12.4 Å². The van der Waals surface area contributed by atoms with E-state index in [9.17, 15) is 9.59 Å². The number of likely N-dealkylation sites (tertiary alicyclic amines) is 1. The molecule has 1 aliphatic rings. The van der Waals surface area contributed by atoms with Crippen molar-refractivity contribution in [3.63, 3.8) is 0 Å². The molecule has 1 atom stereocenters. The molecule has 8 nitrogen and oxygen atoms in total. The Hall–Kier alpha value is -2.09. The Morgan fingerprint density at radius 3 is 3.00 bits per heavy atom. The molecule has 1 fully saturated rings. The quantitative estimate of drug-likeness (QED) is 0.698. The van der Waals surface area contributed by atoms with Gasteiger partial charge in [0, 0.05) is 19.3 Å². The van der Waals surface area contributed by atoms with Crippen molar-refractivity contribution in [1.29, 1.82) is 0 Å². The van der Waals surface area contributed by atoms with Crippen molar-refractivity contribution in [1.82, 2.24) is 14.7 Å². The van der Waals surface area contributed by atoms with Gasteiger partial charge in [-0.05, 0) is 18.9 Å². The monoisotopic (exact) mass is 267 g/mol. The molecule has 0 spiro atoms. The molecular formula is C11H17N5O3. The smallest absolute Gasteiger partial charge is 0.325 e. The SMILES string of the molecule is NCC1CCN(C(=O)Nc2cnn(CC(=O)O)c2)C1. The number of carbonyl (C=O) groups is 2. The summed E-state index contributed by atoms with van der Waals surface area (Å²) in [4.78, 5) is 24.1. The average Bonchev–Trinajstić information content (AvgIpc) is 2.97. The minimum atomic E-state index is -0.980. The highest BCUT2D eigenvalue weighted by Crippen LogP contribution is 2.16. The van der Waals surface area contributed by atoms with Crippen LogP contribution in [0.5, 0.6) is 0 Å². The number of anilines is 1. The summed E-state index contributed by atoms with van der Waals surface area (Å²) in [5, 5.41) is 15.2. The van der Waals surface area contributed by atoms with Crippen molar-refractivity contribution in [2.75, 3.05) is 25.0 Å². The highest BCUT2D eigenvalue weighted by atomic mass is 16.4. The van der Waals surface area contributed by atoms with E-state index in [4.69, 9.17) is 10.8 Å². The van der Waals surface area contributed by atoms with Crippen LogP contribution in [0.4, 0.5) is 10.5 Å². The van der Waals surface area contributed by atoms with E-state index < -0.39 is 5.97 Å². The molecule has 0 saturated carbocycles. The van der Waals surface area contributed by atoms with Gasteiger partial charge in [0.2, 0.25) is 0 Å². The fourth-order valence-corrected chi connectivity index (χ4v) is 2.07. The molecule has 104 valence electrons. The number of nitrogens with one attached hydrogen (secondary N) is 1. The van der Waals surface area contributed by atoms with Crippen LogP contribution in [-0.4, -0.2) is 51.4 Å². The molecule has 4 N–H and O–H groups in total. The van der Waals surface area contributed by atoms with Gasteiger partial charge in [0.1, 0.15) is 6.54 Å². The number of carboxylic acid groups (broad SMARTS) is 1. The summed E-state index contributed by atoms with van der Waals surface area (Å²) in [5.41, 5.74) is 6.06. The number of hydrogen-bond donors (Lipinski definition) is 3. The number of aromatic nitrogens is 2. The largest absolute Gasteiger partial charge is 0.480 e. The Morgan fingerprint density at radius 2 is 2.37 bits per heavy atom. The van der Waals surface area contributed by atoms with Gasteiger partial charge in [0.15, 0.2) is 0 Å². The first-order valence-corrected chi connectivity index (χ1v) is 6.08. The first-order chi connectivity index (χ1) is 9.08. The summed E-state index contributed by atoms with van der Waals surface area (Å²) >= 11 is 0. The average molecular weight is 267 g/mol. The molecule has 0 bridgehead atoms. The third-order valence-corrected chi connectivity index (χ3v) is 3.09. The van der Waals surface area contributed by atoms with Gasteiger partial charge in [-0.3, -0.25) is 9.48 Å². The minimum absolute atomic E-state index is 0.203. The van der Waals surface area contributed by atoms with E-state index in [2.05, 4.69) is 10.4 Å². The zero-order valence-electron chi connectivity index (χ0n) is 10.5. The van der Waals surface area contributed by atoms with Gasteiger partial charge < -0.3 is 21.1 Å². The standard InChI is InChI=1S/C11H17N5O3/c12-3-8-1-2-15(5-8)11(19)14-9-4-13-16(6-9)7-10(17)18/h4,6,8H,1-3,5,7,12H2,(H,14,19)(H,17,18). The lowest BCUT2D eigenvalue weighted by atomic mass is 10.1. The fraction of sp³-hybridized carbons (Fsp3) is 0.545. The summed E-state index contributed by atoms with van der Waals surface area (Å²) in [6.07, 6.45) is 3.84.